The number of fused-ring (bicyclic) bond motifs is 6. The molecule has 0 N–H and O–H groups in total. The lowest BCUT2D eigenvalue weighted by atomic mass is 9.81. The fraction of sp³-hybridized carbons (Fsp3) is 0.0303. The maximum atomic E-state index is 2.52. The van der Waals surface area contributed by atoms with Crippen molar-refractivity contribution in [2.24, 2.45) is 0 Å². The first kappa shape index (κ1) is 38.2. The third-order valence-corrected chi connectivity index (χ3v) is 14.1. The molecule has 12 aromatic carbocycles. The highest BCUT2D eigenvalue weighted by Crippen LogP contribution is 2.46. The molecular weight excluding hydrogens is 793 g/mol. The van der Waals surface area contributed by atoms with Crippen molar-refractivity contribution in [1.29, 1.82) is 0 Å². The van der Waals surface area contributed by atoms with Crippen LogP contribution in [0.4, 0.5) is 0 Å². The van der Waals surface area contributed by atoms with Crippen LogP contribution in [0.25, 0.3) is 122 Å². The van der Waals surface area contributed by atoms with Gasteiger partial charge in [0.05, 0.1) is 0 Å². The van der Waals surface area contributed by atoms with E-state index in [0.29, 0.717) is 0 Å². The lowest BCUT2D eigenvalue weighted by Crippen LogP contribution is -2.28. The van der Waals surface area contributed by atoms with Gasteiger partial charge in [0, 0.05) is 5.92 Å². The van der Waals surface area contributed by atoms with Crippen LogP contribution < -0.4 is 10.4 Å². The fourth-order valence-corrected chi connectivity index (χ4v) is 11.2. The molecule has 0 nitrogen and oxygen atoms in total. The molecular formula is C66H44. The summed E-state index contributed by atoms with van der Waals surface area (Å²) in [6.07, 6.45) is 5.94. The van der Waals surface area contributed by atoms with E-state index in [4.69, 9.17) is 0 Å². The van der Waals surface area contributed by atoms with Crippen molar-refractivity contribution in [2.45, 2.75) is 12.3 Å². The molecule has 1 atom stereocenters. The average molecular weight is 837 g/mol. The Morgan fingerprint density at radius 2 is 0.682 bits per heavy atom. The average Bonchev–Trinajstić information content (AvgIpc) is 3.39. The largest absolute Gasteiger partial charge is 0.0757 e. The number of rotatable bonds is 6. The summed E-state index contributed by atoms with van der Waals surface area (Å²) in [5.41, 5.74) is 14.0. The summed E-state index contributed by atoms with van der Waals surface area (Å²) >= 11 is 0. The van der Waals surface area contributed by atoms with E-state index >= 15 is 0 Å². The maximum absolute atomic E-state index is 2.52. The smallest absolute Gasteiger partial charge is 0.00743 e. The molecule has 0 saturated heterocycles. The molecule has 1 unspecified atom stereocenters. The van der Waals surface area contributed by atoms with Crippen molar-refractivity contribution in [3.63, 3.8) is 0 Å². The van der Waals surface area contributed by atoms with Crippen molar-refractivity contribution in [2.75, 3.05) is 0 Å². The Morgan fingerprint density at radius 1 is 0.273 bits per heavy atom. The molecule has 0 aromatic heterocycles. The summed E-state index contributed by atoms with van der Waals surface area (Å²) in [5.74, 6) is 0.260. The number of benzene rings is 12. The van der Waals surface area contributed by atoms with E-state index in [9.17, 15) is 0 Å². The topological polar surface area (TPSA) is 0 Å². The highest BCUT2D eigenvalue weighted by molar-refractivity contribution is 6.21. The van der Waals surface area contributed by atoms with E-state index in [0.717, 1.165) is 6.42 Å². The van der Waals surface area contributed by atoms with Gasteiger partial charge in [-0.2, -0.15) is 0 Å². The van der Waals surface area contributed by atoms with Crippen molar-refractivity contribution >= 4 is 66.0 Å². The summed E-state index contributed by atoms with van der Waals surface area (Å²) in [6, 6.07) is 87.5. The summed E-state index contributed by atoms with van der Waals surface area (Å²) in [5, 5.41) is 15.5. The molecule has 0 amide bonds. The SMILES string of the molecule is C1=c2ccc(-c3cc(-c4ccc(-c5c6ccccc6c(-c6ccccc6)c6ccccc56)cc4)c4ccccc4c3)cc2=CCC1c1c2ccccc2c(-c2ccccc2)c2ccccc12. The highest BCUT2D eigenvalue weighted by atomic mass is 14.2. The molecule has 308 valence electrons. The normalized spacial score (nSPS) is 13.5. The van der Waals surface area contributed by atoms with Crippen LogP contribution in [-0.4, -0.2) is 0 Å². The molecule has 0 fully saturated rings. The minimum Gasteiger partial charge on any atom is -0.0757 e. The third-order valence-electron chi connectivity index (χ3n) is 14.1. The first-order valence-corrected chi connectivity index (χ1v) is 23.2. The van der Waals surface area contributed by atoms with E-state index in [-0.39, 0.29) is 5.92 Å². The number of hydrogen-bond donors (Lipinski definition) is 0. The Balaban J connectivity index is 0.897. The van der Waals surface area contributed by atoms with E-state index in [1.807, 2.05) is 0 Å². The molecule has 0 spiro atoms. The molecule has 0 heterocycles. The molecule has 12 aromatic rings. The Hall–Kier alpha value is -8.32. The zero-order valence-electron chi connectivity index (χ0n) is 36.5. The van der Waals surface area contributed by atoms with E-state index in [1.165, 1.54) is 125 Å². The second-order valence-corrected chi connectivity index (χ2v) is 17.8. The van der Waals surface area contributed by atoms with Crippen LogP contribution in [0.2, 0.25) is 0 Å². The second kappa shape index (κ2) is 15.7. The lowest BCUT2D eigenvalue weighted by Gasteiger charge is -2.23. The minimum atomic E-state index is 0.260. The molecule has 13 rings (SSSR count). The zero-order chi connectivity index (χ0) is 43.6. The van der Waals surface area contributed by atoms with Gasteiger partial charge in [0.2, 0.25) is 0 Å². The Bertz CT molecular complexity index is 3880. The standard InChI is InChI=1S/C66H44/c1-3-17-44(18-4-1)63-54-23-9-11-25-56(54)65(57-26-12-10-24-55(57)63)46-33-31-43(32-34-46)62-42-52(41-50-21-7-8-22-53(50)62)49-36-35-48-40-51(38-37-47(48)39-49)66-60-29-15-13-27-58(60)64(45-19-5-2-6-20-45)59-28-14-16-30-61(59)66/h1-37,39-42,51H,38H2. The van der Waals surface area contributed by atoms with Crippen molar-refractivity contribution in [3.05, 3.63) is 253 Å². The van der Waals surface area contributed by atoms with Crippen LogP contribution in [0.3, 0.4) is 0 Å². The molecule has 1 aliphatic carbocycles. The van der Waals surface area contributed by atoms with Crippen molar-refractivity contribution in [3.8, 4) is 55.6 Å². The zero-order valence-corrected chi connectivity index (χ0v) is 36.5. The van der Waals surface area contributed by atoms with E-state index in [2.05, 4.69) is 249 Å². The van der Waals surface area contributed by atoms with Gasteiger partial charge in [0.15, 0.2) is 0 Å². The van der Waals surface area contributed by atoms with Gasteiger partial charge in [0.25, 0.3) is 0 Å². The van der Waals surface area contributed by atoms with Crippen LogP contribution in [0.15, 0.2) is 237 Å². The van der Waals surface area contributed by atoms with E-state index in [1.54, 1.807) is 0 Å². The molecule has 0 aliphatic heterocycles. The van der Waals surface area contributed by atoms with Crippen LogP contribution >= 0.6 is 0 Å². The maximum Gasteiger partial charge on any atom is 0.00743 e. The fourth-order valence-electron chi connectivity index (χ4n) is 11.2. The van der Waals surface area contributed by atoms with Gasteiger partial charge in [-0.25, -0.2) is 0 Å². The van der Waals surface area contributed by atoms with Gasteiger partial charge in [-0.3, -0.25) is 0 Å². The summed E-state index contributed by atoms with van der Waals surface area (Å²) in [6.45, 7) is 0. The Kier molecular flexibility index (Phi) is 9.10. The lowest BCUT2D eigenvalue weighted by molar-refractivity contribution is 0.940. The van der Waals surface area contributed by atoms with E-state index < -0.39 is 0 Å². The minimum absolute atomic E-state index is 0.260. The summed E-state index contributed by atoms with van der Waals surface area (Å²) in [7, 11) is 0. The summed E-state index contributed by atoms with van der Waals surface area (Å²) in [4.78, 5) is 0. The first-order valence-electron chi connectivity index (χ1n) is 23.2. The number of hydrogen-bond acceptors (Lipinski definition) is 0. The van der Waals surface area contributed by atoms with Gasteiger partial charge < -0.3 is 0 Å². The Labute approximate surface area is 384 Å². The highest BCUT2D eigenvalue weighted by Gasteiger charge is 2.22. The quantitative estimate of drug-likeness (QED) is 0.146. The monoisotopic (exact) mass is 836 g/mol. The third kappa shape index (κ3) is 6.29. The Morgan fingerprint density at radius 3 is 1.21 bits per heavy atom. The molecule has 0 radical (unpaired) electrons. The van der Waals surface area contributed by atoms with Gasteiger partial charge >= 0.3 is 0 Å². The van der Waals surface area contributed by atoms with Crippen LogP contribution in [-0.2, 0) is 0 Å². The molecule has 0 heteroatoms. The van der Waals surface area contributed by atoms with Gasteiger partial charge in [-0.15, -0.1) is 0 Å². The van der Waals surface area contributed by atoms with Crippen LogP contribution in [0, 0.1) is 0 Å². The first-order chi connectivity index (χ1) is 32.7. The predicted molar refractivity (Wildman–Crippen MR) is 283 cm³/mol. The predicted octanol–water partition coefficient (Wildman–Crippen LogP) is 16.5. The molecule has 1 aliphatic rings. The molecule has 0 saturated carbocycles. The van der Waals surface area contributed by atoms with Gasteiger partial charge in [0.1, 0.15) is 0 Å². The second-order valence-electron chi connectivity index (χ2n) is 17.8. The van der Waals surface area contributed by atoms with Crippen LogP contribution in [0.1, 0.15) is 17.9 Å². The van der Waals surface area contributed by atoms with Gasteiger partial charge in [-0.05, 0) is 150 Å². The molecule has 66 heavy (non-hydrogen) atoms. The van der Waals surface area contributed by atoms with Crippen molar-refractivity contribution in [1.82, 2.24) is 0 Å². The summed E-state index contributed by atoms with van der Waals surface area (Å²) < 4.78 is 0. The van der Waals surface area contributed by atoms with Crippen LogP contribution in [0.5, 0.6) is 0 Å². The molecule has 0 bridgehead atoms. The van der Waals surface area contributed by atoms with Crippen molar-refractivity contribution < 1.29 is 0 Å². The van der Waals surface area contributed by atoms with Gasteiger partial charge in [-0.1, -0.05) is 231 Å².